The van der Waals surface area contributed by atoms with Crippen LogP contribution in [0, 0.1) is 11.8 Å². The summed E-state index contributed by atoms with van der Waals surface area (Å²) in [6, 6.07) is 0. The fourth-order valence-corrected chi connectivity index (χ4v) is 7.78. The first-order chi connectivity index (χ1) is 23.7. The molecule has 5 fully saturated rings. The standard InChI is InChI=1S/C31H50O19/c32-9-19-23(39)25(41)27(43)30(49-19)47-17-7-12(33)6-16-13(17)8-18(29(46-16)11-1-2-14(34)15(35)5-11)48-31-28(44)26(42)24(40)20(50-31)10-45-22(38)4-3-21(36)37/h11-20,23-35,39-44H,1-10H2,(H,36,37)/p+1/t11?,12?,13?,14?,15?,16?,17?,18?,19-,20-,23-,24-,25+,26+,27-,28-,29?,30-,31-/m1/s1. The third-order valence-corrected chi connectivity index (χ3v) is 10.6. The molecule has 288 valence electrons. The highest BCUT2D eigenvalue weighted by molar-refractivity contribution is 5.76. The lowest BCUT2D eigenvalue weighted by Gasteiger charge is -2.50. The van der Waals surface area contributed by atoms with Gasteiger partial charge in [0.25, 0.3) is 0 Å². The van der Waals surface area contributed by atoms with Gasteiger partial charge in [-0.2, -0.15) is 0 Å². The predicted molar refractivity (Wildman–Crippen MR) is 161 cm³/mol. The van der Waals surface area contributed by atoms with Gasteiger partial charge in [-0.15, -0.1) is 0 Å². The average molecular weight is 728 g/mol. The largest absolute Gasteiger partial charge is 0.481 e. The number of rotatable bonds is 11. The molecule has 3 aliphatic heterocycles. The highest BCUT2D eigenvalue weighted by Gasteiger charge is 2.56. The van der Waals surface area contributed by atoms with Gasteiger partial charge in [0.05, 0.1) is 49.8 Å². The van der Waals surface area contributed by atoms with Crippen molar-refractivity contribution in [2.24, 2.45) is 11.8 Å². The molecule has 0 bridgehead atoms. The number of aliphatic hydroxyl groups excluding tert-OH is 10. The van der Waals surface area contributed by atoms with Crippen LogP contribution in [0.4, 0.5) is 0 Å². The number of hydrogen-bond acceptors (Lipinski definition) is 17. The van der Waals surface area contributed by atoms with Gasteiger partial charge < -0.3 is 84.6 Å². The number of carbonyl (C=O) groups is 2. The minimum absolute atomic E-state index is 0.0558. The van der Waals surface area contributed by atoms with E-state index in [1.165, 1.54) is 0 Å². The number of carboxylic acids is 1. The van der Waals surface area contributed by atoms with Crippen LogP contribution in [0.15, 0.2) is 0 Å². The Morgan fingerprint density at radius 3 is 1.92 bits per heavy atom. The van der Waals surface area contributed by atoms with Gasteiger partial charge in [0.2, 0.25) is 0 Å². The van der Waals surface area contributed by atoms with E-state index < -0.39 is 148 Å². The lowest BCUT2D eigenvalue weighted by molar-refractivity contribution is -0.367. The van der Waals surface area contributed by atoms with Crippen LogP contribution >= 0.6 is 0 Å². The fourth-order valence-electron chi connectivity index (χ4n) is 7.78. The van der Waals surface area contributed by atoms with Gasteiger partial charge in [-0.3, -0.25) is 9.59 Å². The quantitative estimate of drug-likeness (QED) is 0.0699. The molecule has 5 aliphatic rings. The van der Waals surface area contributed by atoms with E-state index >= 15 is 0 Å². The SMILES string of the molecule is O=C(O)CCC(=O)OC[C@H]1O[C@@H](OC2CC3C(O[C@@H]4O[C@H](CO)[C@@H](O)[C@H](O)[C@H]4O)CC(O)CC3[OH+]C2C2CCC(O)C(O)C2)[C@H](O)[C@@H](O)[C@@H]1O. The number of hydrogen-bond donors (Lipinski definition) is 11. The number of fused-ring (bicyclic) bond motifs is 1. The summed E-state index contributed by atoms with van der Waals surface area (Å²) in [5.41, 5.74) is 0. The Morgan fingerprint density at radius 1 is 0.680 bits per heavy atom. The molecule has 19 nitrogen and oxygen atoms in total. The molecule has 0 aromatic heterocycles. The molecule has 3 saturated heterocycles. The normalized spacial score (nSPS) is 48.4. The van der Waals surface area contributed by atoms with Crippen molar-refractivity contribution in [3.05, 3.63) is 0 Å². The summed E-state index contributed by atoms with van der Waals surface area (Å²) in [6.07, 6.45) is -21.5. The molecule has 12 N–H and O–H groups in total. The Hall–Kier alpha value is -1.66. The second-order valence-electron chi connectivity index (χ2n) is 14.1. The molecule has 0 aromatic carbocycles. The molecule has 2 saturated carbocycles. The smallest absolute Gasteiger partial charge is 0.306 e. The Kier molecular flexibility index (Phi) is 13.4. The lowest BCUT2D eigenvalue weighted by atomic mass is 9.72. The van der Waals surface area contributed by atoms with Crippen molar-refractivity contribution in [1.82, 2.24) is 0 Å². The summed E-state index contributed by atoms with van der Waals surface area (Å²) >= 11 is 0. The van der Waals surface area contributed by atoms with E-state index in [9.17, 15) is 60.7 Å². The highest BCUT2D eigenvalue weighted by atomic mass is 16.7. The zero-order chi connectivity index (χ0) is 36.4. The van der Waals surface area contributed by atoms with Crippen molar-refractivity contribution in [2.45, 2.75) is 156 Å². The van der Waals surface area contributed by atoms with Crippen LogP contribution in [-0.2, 0) is 33.3 Å². The molecule has 0 amide bonds. The van der Waals surface area contributed by atoms with Crippen molar-refractivity contribution in [3.63, 3.8) is 0 Å². The number of ether oxygens (including phenoxy) is 6. The monoisotopic (exact) mass is 727 g/mol. The molecule has 3 heterocycles. The minimum atomic E-state index is -1.80. The summed E-state index contributed by atoms with van der Waals surface area (Å²) in [6.45, 7) is -1.27. The summed E-state index contributed by atoms with van der Waals surface area (Å²) in [5, 5.41) is 113. The van der Waals surface area contributed by atoms with Crippen LogP contribution < -0.4 is 0 Å². The molecule has 50 heavy (non-hydrogen) atoms. The topological polar surface area (TPSA) is 316 Å². The molecule has 19 atom stereocenters. The number of aliphatic carboxylic acids is 1. The van der Waals surface area contributed by atoms with Crippen molar-refractivity contribution in [3.8, 4) is 0 Å². The van der Waals surface area contributed by atoms with Gasteiger partial charge in [-0.25, -0.2) is 0 Å². The molecular weight excluding hydrogens is 676 g/mol. The molecular formula is C31H51O19+. The van der Waals surface area contributed by atoms with E-state index in [1.54, 1.807) is 0 Å². The average Bonchev–Trinajstić information content (AvgIpc) is 3.08. The van der Waals surface area contributed by atoms with E-state index in [0.29, 0.717) is 6.42 Å². The second kappa shape index (κ2) is 17.0. The first-order valence-corrected chi connectivity index (χ1v) is 17.1. The second-order valence-corrected chi connectivity index (χ2v) is 14.1. The van der Waals surface area contributed by atoms with Crippen LogP contribution in [0.3, 0.4) is 0 Å². The van der Waals surface area contributed by atoms with Gasteiger partial charge >= 0.3 is 11.9 Å². The third-order valence-electron chi connectivity index (χ3n) is 10.6. The number of esters is 1. The van der Waals surface area contributed by atoms with E-state index in [4.69, 9.17) is 33.5 Å². The maximum atomic E-state index is 12.0. The maximum Gasteiger partial charge on any atom is 0.306 e. The van der Waals surface area contributed by atoms with Crippen LogP contribution in [0.5, 0.6) is 0 Å². The van der Waals surface area contributed by atoms with Gasteiger partial charge in [0, 0.05) is 18.8 Å². The van der Waals surface area contributed by atoms with Gasteiger partial charge in [0.15, 0.2) is 24.8 Å². The zero-order valence-corrected chi connectivity index (χ0v) is 27.3. The first-order valence-electron chi connectivity index (χ1n) is 17.1. The van der Waals surface area contributed by atoms with Crippen LogP contribution in [0.25, 0.3) is 0 Å². The Bertz CT molecular complexity index is 1130. The fraction of sp³-hybridized carbons (Fsp3) is 0.935. The van der Waals surface area contributed by atoms with Crippen LogP contribution in [0.1, 0.15) is 51.4 Å². The Morgan fingerprint density at radius 2 is 1.30 bits per heavy atom. The van der Waals surface area contributed by atoms with Gasteiger partial charge in [-0.05, 0) is 25.7 Å². The Balaban J connectivity index is 1.35. The summed E-state index contributed by atoms with van der Waals surface area (Å²) < 4.78 is 33.8. The summed E-state index contributed by atoms with van der Waals surface area (Å²) in [7, 11) is 0. The predicted octanol–water partition coefficient (Wildman–Crippen LogP) is -5.27. The van der Waals surface area contributed by atoms with E-state index in [2.05, 4.69) is 0 Å². The maximum absolute atomic E-state index is 12.0. The van der Waals surface area contributed by atoms with Crippen molar-refractivity contribution in [1.29, 1.82) is 0 Å². The van der Waals surface area contributed by atoms with Crippen LogP contribution in [-0.4, -0.2) is 190 Å². The first kappa shape index (κ1) is 39.5. The molecule has 5 rings (SSSR count). The minimum Gasteiger partial charge on any atom is -0.481 e. The van der Waals surface area contributed by atoms with E-state index in [1.807, 2.05) is 0 Å². The highest BCUT2D eigenvalue weighted by Crippen LogP contribution is 2.43. The van der Waals surface area contributed by atoms with E-state index in [-0.39, 0.29) is 38.0 Å². The number of carboxylic acid groups (broad SMARTS) is 1. The molecule has 0 aromatic rings. The molecule has 2 aliphatic carbocycles. The van der Waals surface area contributed by atoms with Gasteiger partial charge in [0.1, 0.15) is 61.5 Å². The molecule has 0 spiro atoms. The molecule has 9 unspecified atom stereocenters. The summed E-state index contributed by atoms with van der Waals surface area (Å²) in [4.78, 5) is 22.8. The zero-order valence-electron chi connectivity index (χ0n) is 27.3. The van der Waals surface area contributed by atoms with Crippen molar-refractivity contribution < 1.29 is 94.2 Å². The van der Waals surface area contributed by atoms with E-state index in [0.717, 1.165) is 0 Å². The van der Waals surface area contributed by atoms with Crippen molar-refractivity contribution in [2.75, 3.05) is 13.2 Å². The lowest BCUT2D eigenvalue weighted by Crippen LogP contribution is -2.64. The third kappa shape index (κ3) is 8.92. The molecule has 0 radical (unpaired) electrons. The summed E-state index contributed by atoms with van der Waals surface area (Å²) in [5.74, 6) is -2.95. The van der Waals surface area contributed by atoms with Gasteiger partial charge in [-0.1, -0.05) is 0 Å². The Labute approximate surface area is 286 Å². The molecule has 19 heteroatoms. The van der Waals surface area contributed by atoms with Crippen LogP contribution in [0.2, 0.25) is 0 Å². The number of aliphatic hydroxyl groups is 12. The number of carbonyl (C=O) groups excluding carboxylic acids is 1. The van der Waals surface area contributed by atoms with Crippen molar-refractivity contribution >= 4 is 11.9 Å².